The van der Waals surface area contributed by atoms with Crippen LogP contribution in [0.3, 0.4) is 0 Å². The number of benzene rings is 2. The molecule has 1 saturated heterocycles. The van der Waals surface area contributed by atoms with Gasteiger partial charge in [0.05, 0.1) is 21.6 Å². The standard InChI is InChI=1S/C20H20Cl3N3O3/c21-15-10-17(23)18(11-16(15)22)29-13-20(28)26-8-6-25(7-9-26)12-19(27)24-14-4-2-1-3-5-14/h1-5,10-11H,6-9,12-13H2,(H,24,27). The van der Waals surface area contributed by atoms with Crippen LogP contribution in [0.5, 0.6) is 5.75 Å². The molecule has 154 valence electrons. The zero-order valence-corrected chi connectivity index (χ0v) is 17.8. The average Bonchev–Trinajstić information content (AvgIpc) is 2.70. The zero-order valence-electron chi connectivity index (χ0n) is 15.5. The molecular weight excluding hydrogens is 437 g/mol. The Bertz CT molecular complexity index is 872. The largest absolute Gasteiger partial charge is 0.482 e. The van der Waals surface area contributed by atoms with E-state index in [4.69, 9.17) is 39.5 Å². The molecular formula is C20H20Cl3N3O3. The van der Waals surface area contributed by atoms with Gasteiger partial charge < -0.3 is 15.0 Å². The molecule has 2 aromatic rings. The maximum atomic E-state index is 12.4. The van der Waals surface area contributed by atoms with Gasteiger partial charge in [0, 0.05) is 37.9 Å². The Balaban J connectivity index is 1.42. The summed E-state index contributed by atoms with van der Waals surface area (Å²) < 4.78 is 5.50. The molecule has 1 fully saturated rings. The molecule has 6 nitrogen and oxygen atoms in total. The Labute approximate surface area is 184 Å². The predicted molar refractivity (Wildman–Crippen MR) is 115 cm³/mol. The van der Waals surface area contributed by atoms with Crippen molar-refractivity contribution in [2.24, 2.45) is 0 Å². The number of amides is 2. The Hall–Kier alpha value is -1.99. The molecule has 0 saturated carbocycles. The van der Waals surface area contributed by atoms with Gasteiger partial charge >= 0.3 is 0 Å². The van der Waals surface area contributed by atoms with Crippen LogP contribution in [0.15, 0.2) is 42.5 Å². The van der Waals surface area contributed by atoms with E-state index in [1.165, 1.54) is 12.1 Å². The molecule has 0 bridgehead atoms. The number of carbonyl (C=O) groups is 2. The van der Waals surface area contributed by atoms with Gasteiger partial charge in [0.15, 0.2) is 6.61 Å². The number of rotatable bonds is 6. The highest BCUT2D eigenvalue weighted by Crippen LogP contribution is 2.33. The van der Waals surface area contributed by atoms with E-state index in [0.717, 1.165) is 5.69 Å². The van der Waals surface area contributed by atoms with Gasteiger partial charge in [0.2, 0.25) is 5.91 Å². The van der Waals surface area contributed by atoms with Gasteiger partial charge in [0.25, 0.3) is 5.91 Å². The minimum absolute atomic E-state index is 0.0754. The normalized spacial score (nSPS) is 14.5. The molecule has 1 heterocycles. The van der Waals surface area contributed by atoms with Crippen LogP contribution in [-0.4, -0.2) is 60.9 Å². The fraction of sp³-hybridized carbons (Fsp3) is 0.300. The molecule has 0 unspecified atom stereocenters. The molecule has 1 N–H and O–H groups in total. The zero-order chi connectivity index (χ0) is 20.8. The van der Waals surface area contributed by atoms with Gasteiger partial charge in [-0.05, 0) is 18.2 Å². The van der Waals surface area contributed by atoms with Crippen LogP contribution in [0.2, 0.25) is 15.1 Å². The van der Waals surface area contributed by atoms with E-state index in [1.807, 2.05) is 35.2 Å². The van der Waals surface area contributed by atoms with Crippen molar-refractivity contribution in [1.29, 1.82) is 0 Å². The summed E-state index contributed by atoms with van der Waals surface area (Å²) in [6.07, 6.45) is 0. The second-order valence-electron chi connectivity index (χ2n) is 6.56. The van der Waals surface area contributed by atoms with E-state index in [1.54, 1.807) is 4.90 Å². The smallest absolute Gasteiger partial charge is 0.260 e. The molecule has 0 aliphatic carbocycles. The fourth-order valence-corrected chi connectivity index (χ4v) is 3.52. The minimum Gasteiger partial charge on any atom is -0.482 e. The highest BCUT2D eigenvalue weighted by atomic mass is 35.5. The third kappa shape index (κ3) is 6.24. The number of nitrogens with one attached hydrogen (secondary N) is 1. The quantitative estimate of drug-likeness (QED) is 0.672. The lowest BCUT2D eigenvalue weighted by molar-refractivity contribution is -0.135. The average molecular weight is 457 g/mol. The first-order chi connectivity index (χ1) is 13.9. The van der Waals surface area contributed by atoms with E-state index < -0.39 is 0 Å². The van der Waals surface area contributed by atoms with Gasteiger partial charge in [-0.2, -0.15) is 0 Å². The summed E-state index contributed by atoms with van der Waals surface area (Å²) in [6.45, 7) is 2.41. The second kappa shape index (κ2) is 10.2. The summed E-state index contributed by atoms with van der Waals surface area (Å²) in [4.78, 5) is 28.3. The molecule has 0 spiro atoms. The van der Waals surface area contributed by atoms with Crippen LogP contribution < -0.4 is 10.1 Å². The third-order valence-electron chi connectivity index (χ3n) is 4.48. The Kier molecular flexibility index (Phi) is 7.61. The van der Waals surface area contributed by atoms with Crippen molar-refractivity contribution in [2.75, 3.05) is 44.6 Å². The topological polar surface area (TPSA) is 61.9 Å². The molecule has 2 aromatic carbocycles. The number of carbonyl (C=O) groups excluding carboxylic acids is 2. The van der Waals surface area contributed by atoms with Crippen LogP contribution in [-0.2, 0) is 9.59 Å². The van der Waals surface area contributed by atoms with Crippen molar-refractivity contribution in [3.63, 3.8) is 0 Å². The fourth-order valence-electron chi connectivity index (χ4n) is 2.93. The number of piperazine rings is 1. The van der Waals surface area contributed by atoms with E-state index >= 15 is 0 Å². The Morgan fingerprint density at radius 2 is 1.59 bits per heavy atom. The number of anilines is 1. The molecule has 0 radical (unpaired) electrons. The predicted octanol–water partition coefficient (Wildman–Crippen LogP) is 3.81. The van der Waals surface area contributed by atoms with Gasteiger partial charge in [-0.1, -0.05) is 53.0 Å². The highest BCUT2D eigenvalue weighted by molar-refractivity contribution is 6.43. The number of ether oxygens (including phenoxy) is 1. The van der Waals surface area contributed by atoms with Crippen molar-refractivity contribution >= 4 is 52.3 Å². The van der Waals surface area contributed by atoms with Crippen LogP contribution >= 0.6 is 34.8 Å². The lowest BCUT2D eigenvalue weighted by Gasteiger charge is -2.34. The lowest BCUT2D eigenvalue weighted by atomic mass is 10.3. The summed E-state index contributed by atoms with van der Waals surface area (Å²) in [5.41, 5.74) is 0.768. The molecule has 3 rings (SSSR count). The van der Waals surface area contributed by atoms with Gasteiger partial charge in [-0.15, -0.1) is 0 Å². The minimum atomic E-state index is -0.152. The van der Waals surface area contributed by atoms with Gasteiger partial charge in [-0.3, -0.25) is 14.5 Å². The second-order valence-corrected chi connectivity index (χ2v) is 7.78. The van der Waals surface area contributed by atoms with Gasteiger partial charge in [-0.25, -0.2) is 0 Å². The van der Waals surface area contributed by atoms with E-state index in [-0.39, 0.29) is 25.0 Å². The third-order valence-corrected chi connectivity index (χ3v) is 5.49. The monoisotopic (exact) mass is 455 g/mol. The van der Waals surface area contributed by atoms with Crippen LogP contribution in [0.25, 0.3) is 0 Å². The number of halogens is 3. The van der Waals surface area contributed by atoms with Crippen LogP contribution in [0.1, 0.15) is 0 Å². The number of nitrogens with zero attached hydrogens (tertiary/aromatic N) is 2. The summed E-state index contributed by atoms with van der Waals surface area (Å²) in [6, 6.07) is 12.3. The van der Waals surface area contributed by atoms with E-state index in [9.17, 15) is 9.59 Å². The number of hydrogen-bond acceptors (Lipinski definition) is 4. The highest BCUT2D eigenvalue weighted by Gasteiger charge is 2.23. The van der Waals surface area contributed by atoms with Crippen LogP contribution in [0.4, 0.5) is 5.69 Å². The summed E-state index contributed by atoms with van der Waals surface area (Å²) in [5.74, 6) is 0.0831. The molecule has 9 heteroatoms. The van der Waals surface area contributed by atoms with Crippen molar-refractivity contribution in [3.05, 3.63) is 57.5 Å². The first-order valence-corrected chi connectivity index (χ1v) is 10.2. The SMILES string of the molecule is O=C(CN1CCN(C(=O)COc2cc(Cl)c(Cl)cc2Cl)CC1)Nc1ccccc1. The van der Waals surface area contributed by atoms with Crippen molar-refractivity contribution in [2.45, 2.75) is 0 Å². The Morgan fingerprint density at radius 1 is 0.931 bits per heavy atom. The summed E-state index contributed by atoms with van der Waals surface area (Å²) >= 11 is 17.9. The summed E-state index contributed by atoms with van der Waals surface area (Å²) in [5, 5.41) is 3.78. The van der Waals surface area contributed by atoms with Crippen molar-refractivity contribution in [3.8, 4) is 5.75 Å². The van der Waals surface area contributed by atoms with E-state index in [2.05, 4.69) is 5.32 Å². The van der Waals surface area contributed by atoms with E-state index in [0.29, 0.717) is 47.0 Å². The maximum absolute atomic E-state index is 12.4. The van der Waals surface area contributed by atoms with Crippen molar-refractivity contribution < 1.29 is 14.3 Å². The molecule has 2 amide bonds. The number of hydrogen-bond donors (Lipinski definition) is 1. The lowest BCUT2D eigenvalue weighted by Crippen LogP contribution is -2.51. The first kappa shape index (κ1) is 21.7. The molecule has 0 aromatic heterocycles. The Morgan fingerprint density at radius 3 is 2.28 bits per heavy atom. The van der Waals surface area contributed by atoms with Gasteiger partial charge in [0.1, 0.15) is 5.75 Å². The van der Waals surface area contributed by atoms with Crippen molar-refractivity contribution in [1.82, 2.24) is 9.80 Å². The molecule has 1 aliphatic rings. The first-order valence-electron chi connectivity index (χ1n) is 9.05. The molecule has 1 aliphatic heterocycles. The summed E-state index contributed by atoms with van der Waals surface area (Å²) in [7, 11) is 0. The molecule has 0 atom stereocenters. The van der Waals surface area contributed by atoms with Crippen LogP contribution in [0, 0.1) is 0 Å². The number of para-hydroxylation sites is 1. The molecule has 29 heavy (non-hydrogen) atoms. The maximum Gasteiger partial charge on any atom is 0.260 e.